The summed E-state index contributed by atoms with van der Waals surface area (Å²) in [6, 6.07) is 0. The van der Waals surface area contributed by atoms with E-state index in [1.807, 2.05) is 13.8 Å². The first-order valence-corrected chi connectivity index (χ1v) is 9.59. The molecule has 24 heavy (non-hydrogen) atoms. The number of esters is 1. The molecule has 0 saturated heterocycles. The van der Waals surface area contributed by atoms with Gasteiger partial charge in [-0.05, 0) is 26.7 Å². The Kier molecular flexibility index (Phi) is 18.2. The minimum absolute atomic E-state index is 0.116. The largest absolute Gasteiger partial charge is 0.466 e. The fraction of sp³-hybridized carbons (Fsp3) is 0.947. The summed E-state index contributed by atoms with van der Waals surface area (Å²) in [6.07, 6.45) is 8.59. The quantitative estimate of drug-likeness (QED) is 0.276. The van der Waals surface area contributed by atoms with E-state index in [-0.39, 0.29) is 12.1 Å². The molecule has 0 aliphatic heterocycles. The number of rotatable bonds is 18. The Labute approximate surface area is 148 Å². The van der Waals surface area contributed by atoms with E-state index >= 15 is 0 Å². The lowest BCUT2D eigenvalue weighted by atomic mass is 10.1. The summed E-state index contributed by atoms with van der Waals surface area (Å²) in [6.45, 7) is 9.65. The minimum atomic E-state index is -0.116. The van der Waals surface area contributed by atoms with E-state index in [1.165, 1.54) is 25.7 Å². The summed E-state index contributed by atoms with van der Waals surface area (Å²) in [7, 11) is 0. The maximum absolute atomic E-state index is 11.5. The van der Waals surface area contributed by atoms with E-state index in [1.54, 1.807) is 0 Å². The standard InChI is InChI=1S/C19H38O5/c1-4-5-6-7-8-9-13-24-19(20)11-10-12-21-14-15-22-16-17-23-18(2)3/h18H,4-17H2,1-3H3. The molecule has 144 valence electrons. The second-order valence-corrected chi connectivity index (χ2v) is 6.24. The minimum Gasteiger partial charge on any atom is -0.466 e. The van der Waals surface area contributed by atoms with Gasteiger partial charge >= 0.3 is 5.97 Å². The Bertz CT molecular complexity index is 268. The first-order valence-electron chi connectivity index (χ1n) is 9.59. The highest BCUT2D eigenvalue weighted by atomic mass is 16.5. The van der Waals surface area contributed by atoms with Crippen molar-refractivity contribution in [2.75, 3.05) is 39.6 Å². The average molecular weight is 347 g/mol. The summed E-state index contributed by atoms with van der Waals surface area (Å²) >= 11 is 0. The summed E-state index contributed by atoms with van der Waals surface area (Å²) in [5.74, 6) is -0.116. The average Bonchev–Trinajstić information content (AvgIpc) is 2.55. The molecule has 0 saturated carbocycles. The van der Waals surface area contributed by atoms with Crippen LogP contribution in [0.4, 0.5) is 0 Å². The van der Waals surface area contributed by atoms with Gasteiger partial charge < -0.3 is 18.9 Å². The third-order valence-corrected chi connectivity index (χ3v) is 3.48. The van der Waals surface area contributed by atoms with Crippen molar-refractivity contribution in [3.8, 4) is 0 Å². The highest BCUT2D eigenvalue weighted by Gasteiger charge is 2.02. The molecule has 0 heterocycles. The maximum atomic E-state index is 11.5. The molecule has 0 rings (SSSR count). The van der Waals surface area contributed by atoms with Gasteiger partial charge in [-0.25, -0.2) is 0 Å². The van der Waals surface area contributed by atoms with Crippen LogP contribution < -0.4 is 0 Å². The van der Waals surface area contributed by atoms with E-state index in [9.17, 15) is 4.79 Å². The van der Waals surface area contributed by atoms with E-state index in [4.69, 9.17) is 18.9 Å². The molecule has 0 bridgehead atoms. The monoisotopic (exact) mass is 346 g/mol. The molecule has 0 spiro atoms. The topological polar surface area (TPSA) is 54.0 Å². The van der Waals surface area contributed by atoms with Crippen LogP contribution in [-0.2, 0) is 23.7 Å². The third-order valence-electron chi connectivity index (χ3n) is 3.48. The Morgan fingerprint density at radius 3 is 2.08 bits per heavy atom. The van der Waals surface area contributed by atoms with E-state index in [2.05, 4.69) is 6.92 Å². The first-order chi connectivity index (χ1) is 11.7. The molecule has 0 atom stereocenters. The van der Waals surface area contributed by atoms with Crippen LogP contribution >= 0.6 is 0 Å². The van der Waals surface area contributed by atoms with Crippen molar-refractivity contribution >= 4 is 5.97 Å². The molecule has 0 radical (unpaired) electrons. The highest BCUT2D eigenvalue weighted by Crippen LogP contribution is 2.05. The highest BCUT2D eigenvalue weighted by molar-refractivity contribution is 5.69. The lowest BCUT2D eigenvalue weighted by Gasteiger charge is -2.08. The van der Waals surface area contributed by atoms with Crippen LogP contribution in [0.15, 0.2) is 0 Å². The van der Waals surface area contributed by atoms with Gasteiger partial charge in [-0.15, -0.1) is 0 Å². The molecular formula is C19H38O5. The van der Waals surface area contributed by atoms with Crippen molar-refractivity contribution in [3.63, 3.8) is 0 Å². The zero-order chi connectivity index (χ0) is 17.9. The van der Waals surface area contributed by atoms with Crippen LogP contribution in [0.3, 0.4) is 0 Å². The van der Waals surface area contributed by atoms with Crippen molar-refractivity contribution in [1.29, 1.82) is 0 Å². The molecular weight excluding hydrogens is 308 g/mol. The summed E-state index contributed by atoms with van der Waals surface area (Å²) < 4.78 is 21.4. The molecule has 0 amide bonds. The summed E-state index contributed by atoms with van der Waals surface area (Å²) in [5, 5.41) is 0. The second-order valence-electron chi connectivity index (χ2n) is 6.24. The summed E-state index contributed by atoms with van der Waals surface area (Å²) in [4.78, 5) is 11.5. The van der Waals surface area contributed by atoms with Crippen molar-refractivity contribution < 1.29 is 23.7 Å². The van der Waals surface area contributed by atoms with Crippen molar-refractivity contribution in [3.05, 3.63) is 0 Å². The Balaban J connectivity index is 3.15. The number of hydrogen-bond donors (Lipinski definition) is 0. The third kappa shape index (κ3) is 19.4. The predicted molar refractivity (Wildman–Crippen MR) is 96.3 cm³/mol. The van der Waals surface area contributed by atoms with Crippen molar-refractivity contribution in [1.82, 2.24) is 0 Å². The number of unbranched alkanes of at least 4 members (excludes halogenated alkanes) is 5. The van der Waals surface area contributed by atoms with Gasteiger partial charge in [0.25, 0.3) is 0 Å². The molecule has 5 nitrogen and oxygen atoms in total. The van der Waals surface area contributed by atoms with Crippen LogP contribution in [0.25, 0.3) is 0 Å². The smallest absolute Gasteiger partial charge is 0.305 e. The van der Waals surface area contributed by atoms with E-state index in [0.29, 0.717) is 52.5 Å². The van der Waals surface area contributed by atoms with Crippen molar-refractivity contribution in [2.45, 2.75) is 78.2 Å². The van der Waals surface area contributed by atoms with Gasteiger partial charge in [-0.2, -0.15) is 0 Å². The van der Waals surface area contributed by atoms with Gasteiger partial charge in [-0.3, -0.25) is 4.79 Å². The van der Waals surface area contributed by atoms with Gasteiger partial charge in [0.15, 0.2) is 0 Å². The second kappa shape index (κ2) is 18.7. The van der Waals surface area contributed by atoms with Crippen LogP contribution in [0, 0.1) is 0 Å². The number of carbonyl (C=O) groups is 1. The van der Waals surface area contributed by atoms with Crippen LogP contribution in [-0.4, -0.2) is 51.7 Å². The van der Waals surface area contributed by atoms with Gasteiger partial charge in [0.2, 0.25) is 0 Å². The van der Waals surface area contributed by atoms with Crippen molar-refractivity contribution in [2.24, 2.45) is 0 Å². The first kappa shape index (κ1) is 23.4. The van der Waals surface area contributed by atoms with Crippen LogP contribution in [0.1, 0.15) is 72.1 Å². The normalized spacial score (nSPS) is 11.2. The van der Waals surface area contributed by atoms with Gasteiger partial charge in [0, 0.05) is 13.0 Å². The zero-order valence-electron chi connectivity index (χ0n) is 16.0. The lowest BCUT2D eigenvalue weighted by Crippen LogP contribution is -2.13. The van der Waals surface area contributed by atoms with Gasteiger partial charge in [-0.1, -0.05) is 39.0 Å². The zero-order valence-corrected chi connectivity index (χ0v) is 16.0. The molecule has 0 aromatic rings. The Hall–Kier alpha value is -0.650. The van der Waals surface area contributed by atoms with E-state index < -0.39 is 0 Å². The lowest BCUT2D eigenvalue weighted by molar-refractivity contribution is -0.144. The molecule has 0 fully saturated rings. The summed E-state index contributed by atoms with van der Waals surface area (Å²) in [5.41, 5.74) is 0. The predicted octanol–water partition coefficient (Wildman–Crippen LogP) is 4.13. The molecule has 0 aromatic heterocycles. The molecule has 0 N–H and O–H groups in total. The SMILES string of the molecule is CCCCCCCCOC(=O)CCCOCCOCCOC(C)C. The fourth-order valence-electron chi connectivity index (χ4n) is 2.12. The molecule has 0 aliphatic rings. The van der Waals surface area contributed by atoms with Gasteiger partial charge in [0.05, 0.1) is 39.1 Å². The van der Waals surface area contributed by atoms with Crippen LogP contribution in [0.5, 0.6) is 0 Å². The molecule has 5 heteroatoms. The number of ether oxygens (including phenoxy) is 4. The molecule has 0 aliphatic carbocycles. The fourth-order valence-corrected chi connectivity index (χ4v) is 2.12. The Morgan fingerprint density at radius 2 is 1.38 bits per heavy atom. The number of hydrogen-bond acceptors (Lipinski definition) is 5. The van der Waals surface area contributed by atoms with Gasteiger partial charge in [0.1, 0.15) is 0 Å². The Morgan fingerprint density at radius 1 is 0.750 bits per heavy atom. The maximum Gasteiger partial charge on any atom is 0.305 e. The van der Waals surface area contributed by atoms with E-state index in [0.717, 1.165) is 12.8 Å². The molecule has 0 unspecified atom stereocenters. The van der Waals surface area contributed by atoms with Crippen LogP contribution in [0.2, 0.25) is 0 Å². The number of carbonyl (C=O) groups excluding carboxylic acids is 1. The molecule has 0 aromatic carbocycles.